The van der Waals surface area contributed by atoms with E-state index in [1.54, 1.807) is 0 Å². The lowest BCUT2D eigenvalue weighted by molar-refractivity contribution is -0.134. The summed E-state index contributed by atoms with van der Waals surface area (Å²) in [6.45, 7) is 3.92. The van der Waals surface area contributed by atoms with Crippen LogP contribution in [0.4, 0.5) is 0 Å². The number of likely N-dealkylation sites (tertiary alicyclic amines) is 1. The Morgan fingerprint density at radius 2 is 1.90 bits per heavy atom. The van der Waals surface area contributed by atoms with Gasteiger partial charge in [-0.25, -0.2) is 0 Å². The molecule has 110 valence electrons. The van der Waals surface area contributed by atoms with Gasteiger partial charge in [0.05, 0.1) is 0 Å². The van der Waals surface area contributed by atoms with Crippen LogP contribution in [0.3, 0.4) is 0 Å². The standard InChI is InChI=1S/C16H24N2O2/c1-2-15(17)13-6-8-14(9-7-13)20-12-16(19)18-10-4-3-5-11-18/h6-9,15H,2-5,10-12,17H2,1H3. The van der Waals surface area contributed by atoms with Crippen LogP contribution in [0.5, 0.6) is 5.75 Å². The molecule has 2 N–H and O–H groups in total. The van der Waals surface area contributed by atoms with E-state index in [2.05, 4.69) is 6.92 Å². The Hall–Kier alpha value is -1.55. The Kier molecular flexibility index (Phi) is 5.41. The first kappa shape index (κ1) is 14.9. The Morgan fingerprint density at radius 1 is 1.25 bits per heavy atom. The smallest absolute Gasteiger partial charge is 0.260 e. The van der Waals surface area contributed by atoms with Crippen LogP contribution in [0.15, 0.2) is 24.3 Å². The molecule has 2 rings (SSSR count). The average molecular weight is 276 g/mol. The molecule has 0 aromatic heterocycles. The molecule has 1 fully saturated rings. The molecule has 0 spiro atoms. The summed E-state index contributed by atoms with van der Waals surface area (Å²) in [5, 5.41) is 0. The van der Waals surface area contributed by atoms with Crippen molar-refractivity contribution < 1.29 is 9.53 Å². The van der Waals surface area contributed by atoms with Gasteiger partial charge in [0, 0.05) is 19.1 Å². The zero-order valence-electron chi connectivity index (χ0n) is 12.2. The average Bonchev–Trinajstić information content (AvgIpc) is 2.53. The quantitative estimate of drug-likeness (QED) is 0.899. The predicted octanol–water partition coefficient (Wildman–Crippen LogP) is 2.49. The Balaban J connectivity index is 1.82. The van der Waals surface area contributed by atoms with Crippen molar-refractivity contribution in [2.45, 2.75) is 38.6 Å². The van der Waals surface area contributed by atoms with Gasteiger partial charge in [0.2, 0.25) is 0 Å². The highest BCUT2D eigenvalue weighted by Crippen LogP contribution is 2.18. The molecule has 1 aromatic rings. The van der Waals surface area contributed by atoms with E-state index in [-0.39, 0.29) is 18.6 Å². The van der Waals surface area contributed by atoms with Crippen molar-refractivity contribution in [2.75, 3.05) is 19.7 Å². The van der Waals surface area contributed by atoms with Crippen LogP contribution < -0.4 is 10.5 Å². The summed E-state index contributed by atoms with van der Waals surface area (Å²) >= 11 is 0. The summed E-state index contributed by atoms with van der Waals surface area (Å²) in [7, 11) is 0. The van der Waals surface area contributed by atoms with Gasteiger partial charge in [-0.05, 0) is 43.4 Å². The molecule has 1 aromatic carbocycles. The van der Waals surface area contributed by atoms with Crippen molar-refractivity contribution in [2.24, 2.45) is 5.73 Å². The minimum atomic E-state index is 0.0685. The number of carbonyl (C=O) groups excluding carboxylic acids is 1. The maximum absolute atomic E-state index is 12.0. The largest absolute Gasteiger partial charge is 0.484 e. The Morgan fingerprint density at radius 3 is 2.50 bits per heavy atom. The van der Waals surface area contributed by atoms with E-state index < -0.39 is 0 Å². The molecule has 1 saturated heterocycles. The Labute approximate surface area is 120 Å². The summed E-state index contributed by atoms with van der Waals surface area (Å²) in [6, 6.07) is 7.77. The topological polar surface area (TPSA) is 55.6 Å². The van der Waals surface area contributed by atoms with Gasteiger partial charge in [-0.1, -0.05) is 19.1 Å². The third kappa shape index (κ3) is 3.97. The predicted molar refractivity (Wildman–Crippen MR) is 79.6 cm³/mol. The minimum Gasteiger partial charge on any atom is -0.484 e. The van der Waals surface area contributed by atoms with Crippen LogP contribution in [-0.4, -0.2) is 30.5 Å². The molecule has 1 aliphatic heterocycles. The van der Waals surface area contributed by atoms with Gasteiger partial charge >= 0.3 is 0 Å². The molecular weight excluding hydrogens is 252 g/mol. The second-order valence-electron chi connectivity index (χ2n) is 5.31. The van der Waals surface area contributed by atoms with E-state index in [9.17, 15) is 4.79 Å². The second kappa shape index (κ2) is 7.29. The molecule has 4 heteroatoms. The van der Waals surface area contributed by atoms with Crippen molar-refractivity contribution in [1.82, 2.24) is 4.90 Å². The molecule has 20 heavy (non-hydrogen) atoms. The first-order valence-corrected chi connectivity index (χ1v) is 7.47. The van der Waals surface area contributed by atoms with E-state index in [1.807, 2.05) is 29.2 Å². The van der Waals surface area contributed by atoms with Crippen LogP contribution in [0.2, 0.25) is 0 Å². The van der Waals surface area contributed by atoms with E-state index in [0.717, 1.165) is 43.7 Å². The SMILES string of the molecule is CCC(N)c1ccc(OCC(=O)N2CCCCC2)cc1. The fraction of sp³-hybridized carbons (Fsp3) is 0.562. The van der Waals surface area contributed by atoms with Crippen molar-refractivity contribution in [3.05, 3.63) is 29.8 Å². The highest BCUT2D eigenvalue weighted by Gasteiger charge is 2.16. The highest BCUT2D eigenvalue weighted by molar-refractivity contribution is 5.77. The molecule has 1 unspecified atom stereocenters. The van der Waals surface area contributed by atoms with Gasteiger partial charge in [-0.2, -0.15) is 0 Å². The van der Waals surface area contributed by atoms with Crippen molar-refractivity contribution in [1.29, 1.82) is 0 Å². The molecule has 0 aliphatic carbocycles. The summed E-state index contributed by atoms with van der Waals surface area (Å²) in [5.41, 5.74) is 7.06. The number of nitrogens with zero attached hydrogens (tertiary/aromatic N) is 1. The lowest BCUT2D eigenvalue weighted by Crippen LogP contribution is -2.38. The van der Waals surface area contributed by atoms with E-state index in [1.165, 1.54) is 6.42 Å². The van der Waals surface area contributed by atoms with Gasteiger partial charge in [0.25, 0.3) is 5.91 Å². The zero-order chi connectivity index (χ0) is 14.4. The van der Waals surface area contributed by atoms with Crippen molar-refractivity contribution >= 4 is 5.91 Å². The lowest BCUT2D eigenvalue weighted by Gasteiger charge is -2.26. The van der Waals surface area contributed by atoms with Crippen LogP contribution >= 0.6 is 0 Å². The van der Waals surface area contributed by atoms with Crippen LogP contribution in [0.1, 0.15) is 44.2 Å². The van der Waals surface area contributed by atoms with E-state index in [4.69, 9.17) is 10.5 Å². The summed E-state index contributed by atoms with van der Waals surface area (Å²) in [5.74, 6) is 0.807. The number of hydrogen-bond donors (Lipinski definition) is 1. The highest BCUT2D eigenvalue weighted by atomic mass is 16.5. The Bertz CT molecular complexity index is 425. The number of rotatable bonds is 5. The molecular formula is C16H24N2O2. The molecule has 1 amide bonds. The number of amides is 1. The minimum absolute atomic E-state index is 0.0685. The van der Waals surface area contributed by atoms with Crippen LogP contribution in [0.25, 0.3) is 0 Å². The first-order chi connectivity index (χ1) is 9.70. The van der Waals surface area contributed by atoms with Gasteiger partial charge in [0.15, 0.2) is 6.61 Å². The third-order valence-electron chi connectivity index (χ3n) is 3.82. The fourth-order valence-electron chi connectivity index (χ4n) is 2.43. The maximum atomic E-state index is 12.0. The number of nitrogens with two attached hydrogens (primary N) is 1. The van der Waals surface area contributed by atoms with Gasteiger partial charge in [0.1, 0.15) is 5.75 Å². The maximum Gasteiger partial charge on any atom is 0.260 e. The van der Waals surface area contributed by atoms with Crippen molar-refractivity contribution in [3.63, 3.8) is 0 Å². The van der Waals surface area contributed by atoms with Gasteiger partial charge in [-0.3, -0.25) is 4.79 Å². The summed E-state index contributed by atoms with van der Waals surface area (Å²) in [4.78, 5) is 13.9. The second-order valence-corrected chi connectivity index (χ2v) is 5.31. The first-order valence-electron chi connectivity index (χ1n) is 7.47. The number of carbonyl (C=O) groups is 1. The summed E-state index contributed by atoms with van der Waals surface area (Å²) in [6.07, 6.45) is 4.35. The van der Waals surface area contributed by atoms with Gasteiger partial charge < -0.3 is 15.4 Å². The zero-order valence-corrected chi connectivity index (χ0v) is 12.2. The van der Waals surface area contributed by atoms with E-state index >= 15 is 0 Å². The molecule has 1 aliphatic rings. The number of benzene rings is 1. The third-order valence-corrected chi connectivity index (χ3v) is 3.82. The van der Waals surface area contributed by atoms with Gasteiger partial charge in [-0.15, -0.1) is 0 Å². The number of piperidine rings is 1. The molecule has 0 saturated carbocycles. The number of ether oxygens (including phenoxy) is 1. The fourth-order valence-corrected chi connectivity index (χ4v) is 2.43. The number of hydrogen-bond acceptors (Lipinski definition) is 3. The van der Waals surface area contributed by atoms with Crippen LogP contribution in [-0.2, 0) is 4.79 Å². The molecule has 4 nitrogen and oxygen atoms in total. The lowest BCUT2D eigenvalue weighted by atomic mass is 10.1. The summed E-state index contributed by atoms with van der Waals surface area (Å²) < 4.78 is 5.56. The molecule has 1 heterocycles. The monoisotopic (exact) mass is 276 g/mol. The molecule has 0 bridgehead atoms. The molecule has 1 atom stereocenters. The normalized spacial score (nSPS) is 16.8. The molecule has 0 radical (unpaired) electrons. The van der Waals surface area contributed by atoms with Crippen molar-refractivity contribution in [3.8, 4) is 5.75 Å². The van der Waals surface area contributed by atoms with E-state index in [0.29, 0.717) is 0 Å². The van der Waals surface area contributed by atoms with Crippen LogP contribution in [0, 0.1) is 0 Å².